The Labute approximate surface area is 144 Å². The number of nitrogens with one attached hydrogen (secondary N) is 1. The van der Waals surface area contributed by atoms with Crippen molar-refractivity contribution < 1.29 is 4.74 Å². The lowest BCUT2D eigenvalue weighted by Crippen LogP contribution is -2.34. The Balaban J connectivity index is 1.28. The van der Waals surface area contributed by atoms with Crippen molar-refractivity contribution in [2.45, 2.75) is 63.2 Å². The molecule has 24 heavy (non-hydrogen) atoms. The summed E-state index contributed by atoms with van der Waals surface area (Å²) in [6.07, 6.45) is 13.3. The van der Waals surface area contributed by atoms with E-state index in [1.54, 1.807) is 0 Å². The molecule has 4 rings (SSSR count). The van der Waals surface area contributed by atoms with Crippen LogP contribution >= 0.6 is 0 Å². The standard InChI is InChI=1S/C20H27N3O/c1-2-9-20(10-3-1)11-8-19(24-20)16-21-15-17-6-4-7-18(14-17)23-13-5-12-22-23/h4-7,12-14,19,21H,1-3,8-11,15-16H2. The van der Waals surface area contributed by atoms with Crippen LogP contribution in [0.15, 0.2) is 42.7 Å². The first-order valence-corrected chi connectivity index (χ1v) is 9.31. The molecule has 1 aromatic carbocycles. The Morgan fingerprint density at radius 2 is 2.08 bits per heavy atom. The van der Waals surface area contributed by atoms with Gasteiger partial charge in [-0.15, -0.1) is 0 Å². The third kappa shape index (κ3) is 3.55. The second-order valence-corrected chi connectivity index (χ2v) is 7.27. The van der Waals surface area contributed by atoms with Crippen molar-refractivity contribution in [3.63, 3.8) is 0 Å². The molecule has 1 N–H and O–H groups in total. The highest BCUT2D eigenvalue weighted by Crippen LogP contribution is 2.41. The molecule has 2 aliphatic rings. The van der Waals surface area contributed by atoms with E-state index in [1.165, 1.54) is 50.5 Å². The second-order valence-electron chi connectivity index (χ2n) is 7.27. The minimum Gasteiger partial charge on any atom is -0.370 e. The van der Waals surface area contributed by atoms with Crippen molar-refractivity contribution in [1.29, 1.82) is 0 Å². The highest BCUT2D eigenvalue weighted by atomic mass is 16.5. The smallest absolute Gasteiger partial charge is 0.0708 e. The number of rotatable bonds is 5. The maximum Gasteiger partial charge on any atom is 0.0708 e. The number of hydrogen-bond donors (Lipinski definition) is 1. The largest absolute Gasteiger partial charge is 0.370 e. The zero-order valence-corrected chi connectivity index (χ0v) is 14.3. The molecule has 2 aromatic rings. The Kier molecular flexibility index (Phi) is 4.67. The van der Waals surface area contributed by atoms with Crippen LogP contribution in [0.1, 0.15) is 50.5 Å². The number of ether oxygens (including phenoxy) is 1. The minimum atomic E-state index is 0.227. The van der Waals surface area contributed by atoms with Gasteiger partial charge in [-0.05, 0) is 49.4 Å². The van der Waals surface area contributed by atoms with Gasteiger partial charge < -0.3 is 10.1 Å². The second kappa shape index (κ2) is 7.08. The van der Waals surface area contributed by atoms with Gasteiger partial charge in [0.25, 0.3) is 0 Å². The fourth-order valence-electron chi connectivity index (χ4n) is 4.21. The van der Waals surface area contributed by atoms with Crippen LogP contribution in [0.25, 0.3) is 5.69 Å². The van der Waals surface area contributed by atoms with Gasteiger partial charge in [0.05, 0.1) is 17.4 Å². The van der Waals surface area contributed by atoms with Crippen LogP contribution in [0.2, 0.25) is 0 Å². The van der Waals surface area contributed by atoms with Gasteiger partial charge in [-0.25, -0.2) is 4.68 Å². The highest BCUT2D eigenvalue weighted by molar-refractivity contribution is 5.34. The lowest BCUT2D eigenvalue weighted by Gasteiger charge is -2.33. The van der Waals surface area contributed by atoms with Gasteiger partial charge in [-0.3, -0.25) is 0 Å². The van der Waals surface area contributed by atoms with Gasteiger partial charge in [-0.2, -0.15) is 5.10 Å². The van der Waals surface area contributed by atoms with Crippen LogP contribution in [0.3, 0.4) is 0 Å². The SMILES string of the molecule is c1cc(CNCC2CCC3(CCCCC3)O2)cc(-n2cccn2)c1. The van der Waals surface area contributed by atoms with E-state index in [0.717, 1.165) is 18.8 Å². The predicted octanol–water partition coefficient (Wildman–Crippen LogP) is 3.84. The summed E-state index contributed by atoms with van der Waals surface area (Å²) in [4.78, 5) is 0. The maximum absolute atomic E-state index is 6.43. The molecule has 1 aliphatic carbocycles. The lowest BCUT2D eigenvalue weighted by molar-refractivity contribution is -0.0624. The van der Waals surface area contributed by atoms with Crippen molar-refractivity contribution >= 4 is 0 Å². The first kappa shape index (κ1) is 15.9. The molecule has 2 heterocycles. The summed E-state index contributed by atoms with van der Waals surface area (Å²) >= 11 is 0. The monoisotopic (exact) mass is 325 g/mol. The summed E-state index contributed by atoms with van der Waals surface area (Å²) in [6, 6.07) is 10.5. The van der Waals surface area contributed by atoms with E-state index < -0.39 is 0 Å². The van der Waals surface area contributed by atoms with E-state index in [-0.39, 0.29) is 5.60 Å². The normalized spacial score (nSPS) is 22.9. The van der Waals surface area contributed by atoms with Crippen LogP contribution in [-0.4, -0.2) is 28.0 Å². The molecule has 2 fully saturated rings. The summed E-state index contributed by atoms with van der Waals surface area (Å²) in [5.41, 5.74) is 2.62. The summed E-state index contributed by atoms with van der Waals surface area (Å²) in [5.74, 6) is 0. The van der Waals surface area contributed by atoms with Crippen LogP contribution < -0.4 is 5.32 Å². The predicted molar refractivity (Wildman–Crippen MR) is 95.2 cm³/mol. The molecule has 4 heteroatoms. The summed E-state index contributed by atoms with van der Waals surface area (Å²) in [7, 11) is 0. The van der Waals surface area contributed by atoms with Crippen molar-refractivity contribution in [2.24, 2.45) is 0 Å². The molecular weight excluding hydrogens is 298 g/mol. The van der Waals surface area contributed by atoms with Gasteiger partial charge in [-0.1, -0.05) is 31.4 Å². The zero-order chi connectivity index (χ0) is 16.2. The summed E-state index contributed by atoms with van der Waals surface area (Å²) in [5, 5.41) is 7.88. The van der Waals surface area contributed by atoms with E-state index >= 15 is 0 Å². The Morgan fingerprint density at radius 1 is 1.17 bits per heavy atom. The molecular formula is C20H27N3O. The topological polar surface area (TPSA) is 39.1 Å². The van der Waals surface area contributed by atoms with E-state index in [1.807, 2.05) is 23.1 Å². The molecule has 0 bridgehead atoms. The fraction of sp³-hybridized carbons (Fsp3) is 0.550. The molecule has 1 aromatic heterocycles. The highest BCUT2D eigenvalue weighted by Gasteiger charge is 2.40. The van der Waals surface area contributed by atoms with Crippen LogP contribution in [0.4, 0.5) is 0 Å². The van der Waals surface area contributed by atoms with E-state index in [2.05, 4.69) is 34.7 Å². The van der Waals surface area contributed by atoms with Gasteiger partial charge in [0.15, 0.2) is 0 Å². The third-order valence-electron chi connectivity index (χ3n) is 5.48. The van der Waals surface area contributed by atoms with Gasteiger partial charge in [0.2, 0.25) is 0 Å². The zero-order valence-electron chi connectivity index (χ0n) is 14.3. The molecule has 1 spiro atoms. The molecule has 1 saturated heterocycles. The number of hydrogen-bond acceptors (Lipinski definition) is 3. The molecule has 1 unspecified atom stereocenters. The molecule has 4 nitrogen and oxygen atoms in total. The third-order valence-corrected chi connectivity index (χ3v) is 5.48. The van der Waals surface area contributed by atoms with Gasteiger partial charge in [0.1, 0.15) is 0 Å². The van der Waals surface area contributed by atoms with Gasteiger partial charge >= 0.3 is 0 Å². The quantitative estimate of drug-likeness (QED) is 0.908. The van der Waals surface area contributed by atoms with Gasteiger partial charge in [0, 0.05) is 25.5 Å². The van der Waals surface area contributed by atoms with E-state index in [9.17, 15) is 0 Å². The van der Waals surface area contributed by atoms with Crippen molar-refractivity contribution in [3.8, 4) is 5.69 Å². The molecule has 1 saturated carbocycles. The molecule has 0 amide bonds. The summed E-state index contributed by atoms with van der Waals surface area (Å²) < 4.78 is 8.33. The molecule has 1 aliphatic heterocycles. The average Bonchev–Trinajstić information content (AvgIpc) is 3.27. The number of aromatic nitrogens is 2. The van der Waals surface area contributed by atoms with Crippen molar-refractivity contribution in [1.82, 2.24) is 15.1 Å². The van der Waals surface area contributed by atoms with Crippen LogP contribution in [0, 0.1) is 0 Å². The van der Waals surface area contributed by atoms with Crippen molar-refractivity contribution in [2.75, 3.05) is 6.54 Å². The van der Waals surface area contributed by atoms with Crippen LogP contribution in [0.5, 0.6) is 0 Å². The van der Waals surface area contributed by atoms with Crippen LogP contribution in [-0.2, 0) is 11.3 Å². The fourth-order valence-corrected chi connectivity index (χ4v) is 4.21. The van der Waals surface area contributed by atoms with Crippen molar-refractivity contribution in [3.05, 3.63) is 48.3 Å². The molecule has 128 valence electrons. The first-order chi connectivity index (χ1) is 11.8. The Bertz CT molecular complexity index is 647. The average molecular weight is 325 g/mol. The summed E-state index contributed by atoms with van der Waals surface area (Å²) in [6.45, 7) is 1.83. The number of nitrogens with zero attached hydrogens (tertiary/aromatic N) is 2. The molecule has 0 radical (unpaired) electrons. The van der Waals surface area contributed by atoms with E-state index in [4.69, 9.17) is 4.74 Å². The minimum absolute atomic E-state index is 0.227. The number of benzene rings is 1. The lowest BCUT2D eigenvalue weighted by atomic mass is 9.83. The first-order valence-electron chi connectivity index (χ1n) is 9.31. The van der Waals surface area contributed by atoms with E-state index in [0.29, 0.717) is 6.10 Å². The maximum atomic E-state index is 6.43. The Morgan fingerprint density at radius 3 is 2.92 bits per heavy atom. The Hall–Kier alpha value is -1.65. The molecule has 1 atom stereocenters.